The second kappa shape index (κ2) is 7.25. The van der Waals surface area contributed by atoms with Crippen molar-refractivity contribution in [3.63, 3.8) is 0 Å². The topological polar surface area (TPSA) is 76.7 Å². The van der Waals surface area contributed by atoms with Gasteiger partial charge >= 0.3 is 0 Å². The molecular formula is C19H20N2O4. The van der Waals surface area contributed by atoms with Crippen molar-refractivity contribution in [3.8, 4) is 11.5 Å². The number of amides is 2. The summed E-state index contributed by atoms with van der Waals surface area (Å²) in [4.78, 5) is 24.5. The maximum atomic E-state index is 12.4. The molecule has 0 radical (unpaired) electrons. The van der Waals surface area contributed by atoms with Gasteiger partial charge in [-0.05, 0) is 29.3 Å². The fourth-order valence-corrected chi connectivity index (χ4v) is 2.89. The molecule has 1 atom stereocenters. The number of nitrogens with one attached hydrogen (secondary N) is 2. The van der Waals surface area contributed by atoms with Gasteiger partial charge in [0, 0.05) is 18.5 Å². The van der Waals surface area contributed by atoms with Crippen molar-refractivity contribution in [1.29, 1.82) is 0 Å². The molecule has 1 heterocycles. The van der Waals surface area contributed by atoms with Crippen molar-refractivity contribution in [2.75, 3.05) is 14.2 Å². The molecule has 0 aliphatic carbocycles. The Labute approximate surface area is 146 Å². The Hall–Kier alpha value is -3.02. The first kappa shape index (κ1) is 16.8. The molecule has 1 unspecified atom stereocenters. The minimum Gasteiger partial charge on any atom is -0.493 e. The maximum Gasteiger partial charge on any atom is 0.252 e. The first-order valence-electron chi connectivity index (χ1n) is 7.99. The second-order valence-corrected chi connectivity index (χ2v) is 5.79. The molecule has 6 heteroatoms. The number of carbonyl (C=O) groups excluding carboxylic acids is 2. The predicted molar refractivity (Wildman–Crippen MR) is 92.8 cm³/mol. The van der Waals surface area contributed by atoms with Crippen molar-refractivity contribution < 1.29 is 19.1 Å². The molecule has 1 aliphatic rings. The summed E-state index contributed by atoms with van der Waals surface area (Å²) < 4.78 is 10.5. The van der Waals surface area contributed by atoms with E-state index in [4.69, 9.17) is 9.47 Å². The van der Waals surface area contributed by atoms with E-state index in [2.05, 4.69) is 10.6 Å². The Balaban J connectivity index is 1.65. The largest absolute Gasteiger partial charge is 0.493 e. The third-order valence-electron chi connectivity index (χ3n) is 4.22. The van der Waals surface area contributed by atoms with E-state index in [1.165, 1.54) is 0 Å². The van der Waals surface area contributed by atoms with Crippen LogP contribution >= 0.6 is 0 Å². The standard InChI is InChI=1S/C19H20N2O4/c1-24-16-8-7-12(9-17(16)25-2)11-20-19(23)15-10-13-5-3-4-6-14(13)18(22)21-15/h3-9,15H,10-11H2,1-2H3,(H,20,23)(H,21,22). The first-order valence-corrected chi connectivity index (χ1v) is 7.99. The molecule has 0 aromatic heterocycles. The fraction of sp³-hybridized carbons (Fsp3) is 0.263. The molecule has 2 N–H and O–H groups in total. The minimum absolute atomic E-state index is 0.211. The van der Waals surface area contributed by atoms with Gasteiger partial charge in [0.15, 0.2) is 11.5 Å². The number of carbonyl (C=O) groups is 2. The quantitative estimate of drug-likeness (QED) is 0.868. The minimum atomic E-state index is -0.567. The zero-order valence-corrected chi connectivity index (χ0v) is 14.2. The number of methoxy groups -OCH3 is 2. The highest BCUT2D eigenvalue weighted by molar-refractivity contribution is 6.00. The first-order chi connectivity index (χ1) is 12.1. The molecule has 0 saturated heterocycles. The SMILES string of the molecule is COc1ccc(CNC(=O)C2Cc3ccccc3C(=O)N2)cc1OC. The number of hydrogen-bond acceptors (Lipinski definition) is 4. The summed E-state index contributed by atoms with van der Waals surface area (Å²) in [7, 11) is 3.14. The van der Waals surface area contributed by atoms with Gasteiger partial charge in [-0.15, -0.1) is 0 Å². The molecule has 6 nitrogen and oxygen atoms in total. The van der Waals surface area contributed by atoms with E-state index < -0.39 is 6.04 Å². The van der Waals surface area contributed by atoms with Gasteiger partial charge in [0.05, 0.1) is 14.2 Å². The summed E-state index contributed by atoms with van der Waals surface area (Å²) in [6, 6.07) is 12.2. The van der Waals surface area contributed by atoms with Crippen LogP contribution in [0.2, 0.25) is 0 Å². The van der Waals surface area contributed by atoms with Crippen LogP contribution in [-0.4, -0.2) is 32.1 Å². The van der Waals surface area contributed by atoms with Gasteiger partial charge in [0.25, 0.3) is 5.91 Å². The summed E-state index contributed by atoms with van der Waals surface area (Å²) in [5.74, 6) is 0.814. The molecule has 130 valence electrons. The lowest BCUT2D eigenvalue weighted by Crippen LogP contribution is -2.50. The van der Waals surface area contributed by atoms with Crippen LogP contribution < -0.4 is 20.1 Å². The van der Waals surface area contributed by atoms with Crippen molar-refractivity contribution in [3.05, 3.63) is 59.2 Å². The molecule has 25 heavy (non-hydrogen) atoms. The number of benzene rings is 2. The fourth-order valence-electron chi connectivity index (χ4n) is 2.89. The highest BCUT2D eigenvalue weighted by atomic mass is 16.5. The van der Waals surface area contributed by atoms with Gasteiger partial charge in [-0.2, -0.15) is 0 Å². The van der Waals surface area contributed by atoms with E-state index in [9.17, 15) is 9.59 Å². The van der Waals surface area contributed by atoms with E-state index in [-0.39, 0.29) is 11.8 Å². The summed E-state index contributed by atoms with van der Waals surface area (Å²) in [6.45, 7) is 0.340. The Morgan fingerprint density at radius 2 is 1.92 bits per heavy atom. The molecule has 3 rings (SSSR count). The van der Waals surface area contributed by atoms with Crippen molar-refractivity contribution in [1.82, 2.24) is 10.6 Å². The third-order valence-corrected chi connectivity index (χ3v) is 4.22. The Kier molecular flexibility index (Phi) is 4.88. The van der Waals surface area contributed by atoms with Crippen LogP contribution in [0.4, 0.5) is 0 Å². The summed E-state index contributed by atoms with van der Waals surface area (Å²) in [6.07, 6.45) is 0.486. The van der Waals surface area contributed by atoms with E-state index in [0.717, 1.165) is 11.1 Å². The molecular weight excluding hydrogens is 320 g/mol. The monoisotopic (exact) mass is 340 g/mol. The third kappa shape index (κ3) is 3.57. The van der Waals surface area contributed by atoms with Crippen LogP contribution in [0.15, 0.2) is 42.5 Å². The summed E-state index contributed by atoms with van der Waals surface area (Å²) >= 11 is 0. The van der Waals surface area contributed by atoms with Crippen LogP contribution in [0, 0.1) is 0 Å². The molecule has 1 aliphatic heterocycles. The van der Waals surface area contributed by atoms with Crippen molar-refractivity contribution >= 4 is 11.8 Å². The highest BCUT2D eigenvalue weighted by Gasteiger charge is 2.28. The van der Waals surface area contributed by atoms with E-state index in [1.807, 2.05) is 30.3 Å². The lowest BCUT2D eigenvalue weighted by Gasteiger charge is -2.24. The predicted octanol–water partition coefficient (Wildman–Crippen LogP) is 1.67. The summed E-state index contributed by atoms with van der Waals surface area (Å²) in [5.41, 5.74) is 2.40. The van der Waals surface area contributed by atoms with Gasteiger partial charge in [0.1, 0.15) is 6.04 Å². The van der Waals surface area contributed by atoms with Gasteiger partial charge in [-0.1, -0.05) is 24.3 Å². The zero-order chi connectivity index (χ0) is 17.8. The van der Waals surface area contributed by atoms with Gasteiger partial charge < -0.3 is 20.1 Å². The van der Waals surface area contributed by atoms with Gasteiger partial charge in [0.2, 0.25) is 5.91 Å². The Morgan fingerprint density at radius 3 is 2.68 bits per heavy atom. The Morgan fingerprint density at radius 1 is 1.16 bits per heavy atom. The van der Waals surface area contributed by atoms with E-state index in [1.54, 1.807) is 26.4 Å². The number of rotatable bonds is 5. The second-order valence-electron chi connectivity index (χ2n) is 5.79. The smallest absolute Gasteiger partial charge is 0.252 e. The van der Waals surface area contributed by atoms with Crippen LogP contribution in [0.3, 0.4) is 0 Å². The van der Waals surface area contributed by atoms with Crippen LogP contribution in [-0.2, 0) is 17.8 Å². The van der Waals surface area contributed by atoms with Crippen molar-refractivity contribution in [2.24, 2.45) is 0 Å². The van der Waals surface area contributed by atoms with Gasteiger partial charge in [-0.25, -0.2) is 0 Å². The van der Waals surface area contributed by atoms with Gasteiger partial charge in [-0.3, -0.25) is 9.59 Å². The highest BCUT2D eigenvalue weighted by Crippen LogP contribution is 2.27. The number of hydrogen-bond donors (Lipinski definition) is 2. The number of fused-ring (bicyclic) bond motifs is 1. The normalized spacial score (nSPS) is 15.8. The van der Waals surface area contributed by atoms with Crippen LogP contribution in [0.1, 0.15) is 21.5 Å². The van der Waals surface area contributed by atoms with E-state index in [0.29, 0.717) is 30.0 Å². The molecule has 0 spiro atoms. The molecule has 2 aromatic carbocycles. The number of ether oxygens (including phenoxy) is 2. The average molecular weight is 340 g/mol. The summed E-state index contributed by atoms with van der Waals surface area (Å²) in [5, 5.41) is 5.61. The lowest BCUT2D eigenvalue weighted by molar-refractivity contribution is -0.123. The average Bonchev–Trinajstić information content (AvgIpc) is 2.65. The van der Waals surface area contributed by atoms with Crippen LogP contribution in [0.25, 0.3) is 0 Å². The van der Waals surface area contributed by atoms with Crippen molar-refractivity contribution in [2.45, 2.75) is 19.0 Å². The molecule has 2 aromatic rings. The van der Waals surface area contributed by atoms with E-state index >= 15 is 0 Å². The maximum absolute atomic E-state index is 12.4. The molecule has 0 fully saturated rings. The molecule has 0 bridgehead atoms. The molecule has 2 amide bonds. The zero-order valence-electron chi connectivity index (χ0n) is 14.2. The Bertz CT molecular complexity index is 804. The molecule has 0 saturated carbocycles. The van der Waals surface area contributed by atoms with Crippen LogP contribution in [0.5, 0.6) is 11.5 Å². The lowest BCUT2D eigenvalue weighted by atomic mass is 9.95.